The third-order valence-corrected chi connectivity index (χ3v) is 5.60. The zero-order valence-corrected chi connectivity index (χ0v) is 16.4. The second kappa shape index (κ2) is 7.21. The van der Waals surface area contributed by atoms with E-state index in [4.69, 9.17) is 12.2 Å². The molecule has 0 saturated carbocycles. The number of benzene rings is 2. The van der Waals surface area contributed by atoms with Gasteiger partial charge in [0.15, 0.2) is 0 Å². The molecule has 2 heterocycles. The third kappa shape index (κ3) is 3.32. The van der Waals surface area contributed by atoms with Crippen molar-refractivity contribution in [2.45, 2.75) is 6.92 Å². The minimum absolute atomic E-state index is 0.155. The highest BCUT2D eigenvalue weighted by Crippen LogP contribution is 2.42. The van der Waals surface area contributed by atoms with Crippen LogP contribution in [0.4, 0.5) is 11.4 Å². The first-order valence-electron chi connectivity index (χ1n) is 8.49. The molecule has 0 spiro atoms. The van der Waals surface area contributed by atoms with E-state index in [1.54, 1.807) is 30.3 Å². The Bertz CT molecular complexity index is 1080. The highest BCUT2D eigenvalue weighted by atomic mass is 32.2. The number of amides is 3. The van der Waals surface area contributed by atoms with Crippen LogP contribution in [0.3, 0.4) is 0 Å². The number of thioether (sulfide) groups is 1. The summed E-state index contributed by atoms with van der Waals surface area (Å²) in [6.07, 6.45) is 0. The number of hydrogen-bond acceptors (Lipinski definition) is 5. The van der Waals surface area contributed by atoms with Gasteiger partial charge in [-0.25, -0.2) is 0 Å². The van der Waals surface area contributed by atoms with Gasteiger partial charge in [0.2, 0.25) is 5.91 Å². The summed E-state index contributed by atoms with van der Waals surface area (Å²) < 4.78 is 0.313. The first-order valence-corrected chi connectivity index (χ1v) is 9.72. The van der Waals surface area contributed by atoms with Crippen molar-refractivity contribution in [1.82, 2.24) is 5.32 Å². The molecule has 1 fully saturated rings. The number of nitrogens with zero attached hydrogens (tertiary/aromatic N) is 1. The van der Waals surface area contributed by atoms with Gasteiger partial charge in [-0.2, -0.15) is 0 Å². The van der Waals surface area contributed by atoms with E-state index in [0.29, 0.717) is 21.3 Å². The van der Waals surface area contributed by atoms with Crippen molar-refractivity contribution in [1.29, 1.82) is 0 Å². The lowest BCUT2D eigenvalue weighted by Crippen LogP contribution is -2.35. The number of rotatable bonds is 3. The Morgan fingerprint density at radius 2 is 1.96 bits per heavy atom. The standard InChI is InChI=1S/C20H15N3O3S2/c1-11-5-4-6-12(9-11)21-15(24)10-23-14-8-3-2-7-13(14)16(19(23)26)17-18(25)22-20(27)28-17/h2-9H,10H2,1H3,(H,21,24)(H,22,25,27)/b17-16+. The number of carbonyl (C=O) groups is 3. The predicted octanol–water partition coefficient (Wildman–Crippen LogP) is 2.84. The second-order valence-electron chi connectivity index (χ2n) is 6.37. The van der Waals surface area contributed by atoms with Crippen molar-refractivity contribution in [3.63, 3.8) is 0 Å². The van der Waals surface area contributed by atoms with E-state index >= 15 is 0 Å². The molecule has 0 atom stereocenters. The topological polar surface area (TPSA) is 78.5 Å². The van der Waals surface area contributed by atoms with Crippen molar-refractivity contribution < 1.29 is 14.4 Å². The molecular weight excluding hydrogens is 394 g/mol. The second-order valence-corrected chi connectivity index (χ2v) is 8.06. The normalized spacial score (nSPS) is 18.3. The summed E-state index contributed by atoms with van der Waals surface area (Å²) in [7, 11) is 0. The van der Waals surface area contributed by atoms with Gasteiger partial charge in [0, 0.05) is 11.3 Å². The Morgan fingerprint density at radius 1 is 1.18 bits per heavy atom. The average molecular weight is 409 g/mol. The molecule has 0 radical (unpaired) electrons. The number of carbonyl (C=O) groups excluding carboxylic acids is 3. The highest BCUT2D eigenvalue weighted by molar-refractivity contribution is 8.27. The summed E-state index contributed by atoms with van der Waals surface area (Å²) in [5.74, 6) is -1.10. The van der Waals surface area contributed by atoms with Crippen molar-refractivity contribution in [3.8, 4) is 0 Å². The Kier molecular flexibility index (Phi) is 4.74. The number of thiocarbonyl (C=S) groups is 1. The van der Waals surface area contributed by atoms with Crippen LogP contribution in [0.15, 0.2) is 53.4 Å². The Hall–Kier alpha value is -2.97. The molecule has 0 aromatic heterocycles. The molecule has 3 amide bonds. The molecule has 2 aromatic carbocycles. The monoisotopic (exact) mass is 409 g/mol. The molecule has 28 heavy (non-hydrogen) atoms. The molecule has 2 N–H and O–H groups in total. The molecule has 2 aromatic rings. The largest absolute Gasteiger partial charge is 0.325 e. The number of hydrogen-bond donors (Lipinski definition) is 2. The van der Waals surface area contributed by atoms with Gasteiger partial charge in [-0.1, -0.05) is 54.3 Å². The van der Waals surface area contributed by atoms with Crippen molar-refractivity contribution in [2.75, 3.05) is 16.8 Å². The van der Waals surface area contributed by atoms with E-state index in [1.165, 1.54) is 4.90 Å². The first-order chi connectivity index (χ1) is 13.4. The van der Waals surface area contributed by atoms with E-state index in [-0.39, 0.29) is 34.7 Å². The molecule has 0 aliphatic carbocycles. The lowest BCUT2D eigenvalue weighted by atomic mass is 10.1. The number of nitrogens with one attached hydrogen (secondary N) is 2. The summed E-state index contributed by atoms with van der Waals surface area (Å²) in [6, 6.07) is 14.5. The lowest BCUT2D eigenvalue weighted by Gasteiger charge is -2.17. The molecule has 0 unspecified atom stereocenters. The van der Waals surface area contributed by atoms with Crippen LogP contribution >= 0.6 is 24.0 Å². The molecular formula is C20H15N3O3S2. The van der Waals surface area contributed by atoms with Crippen molar-refractivity contribution in [3.05, 3.63) is 64.6 Å². The third-order valence-electron chi connectivity index (χ3n) is 4.37. The Labute approximate surface area is 171 Å². The fourth-order valence-corrected chi connectivity index (χ4v) is 4.32. The predicted molar refractivity (Wildman–Crippen MR) is 114 cm³/mol. The Morgan fingerprint density at radius 3 is 2.68 bits per heavy atom. The van der Waals surface area contributed by atoms with Crippen LogP contribution in [0, 0.1) is 6.92 Å². The van der Waals surface area contributed by atoms with Gasteiger partial charge in [0.25, 0.3) is 11.8 Å². The quantitative estimate of drug-likeness (QED) is 0.602. The molecule has 2 aliphatic heterocycles. The zero-order valence-electron chi connectivity index (χ0n) is 14.8. The minimum Gasteiger partial charge on any atom is -0.325 e. The van der Waals surface area contributed by atoms with Crippen molar-refractivity contribution in [2.24, 2.45) is 0 Å². The summed E-state index contributed by atoms with van der Waals surface area (Å²) in [6.45, 7) is 1.78. The fraction of sp³-hybridized carbons (Fsp3) is 0.100. The summed E-state index contributed by atoms with van der Waals surface area (Å²) in [5, 5.41) is 5.34. The van der Waals surface area contributed by atoms with E-state index in [9.17, 15) is 14.4 Å². The van der Waals surface area contributed by atoms with Crippen molar-refractivity contribution >= 4 is 63.0 Å². The molecule has 4 rings (SSSR count). The summed E-state index contributed by atoms with van der Waals surface area (Å²) >= 11 is 6.10. The van der Waals surface area contributed by atoms with Crippen LogP contribution in [-0.2, 0) is 14.4 Å². The zero-order chi connectivity index (χ0) is 19.8. The van der Waals surface area contributed by atoms with Crippen LogP contribution in [0.25, 0.3) is 5.57 Å². The van der Waals surface area contributed by atoms with E-state index in [0.717, 1.165) is 17.3 Å². The van der Waals surface area contributed by atoms with Gasteiger partial charge in [-0.05, 0) is 30.7 Å². The van der Waals surface area contributed by atoms with Gasteiger partial charge in [-0.3, -0.25) is 19.3 Å². The Balaban J connectivity index is 1.64. The minimum atomic E-state index is -0.390. The molecule has 8 heteroatoms. The van der Waals surface area contributed by atoms with Gasteiger partial charge in [0.05, 0.1) is 16.2 Å². The van der Waals surface area contributed by atoms with Gasteiger partial charge >= 0.3 is 0 Å². The van der Waals surface area contributed by atoms with Crippen LogP contribution in [0.1, 0.15) is 11.1 Å². The maximum atomic E-state index is 13.1. The maximum Gasteiger partial charge on any atom is 0.264 e. The molecule has 1 saturated heterocycles. The lowest BCUT2D eigenvalue weighted by molar-refractivity contribution is -0.118. The number of anilines is 2. The summed E-state index contributed by atoms with van der Waals surface area (Å²) in [5.41, 5.74) is 3.19. The van der Waals surface area contributed by atoms with Gasteiger partial charge < -0.3 is 10.6 Å². The SMILES string of the molecule is Cc1cccc(NC(=O)CN2C(=O)/C(=C3/SC(=S)NC3=O)c3ccccc32)c1. The molecule has 2 aliphatic rings. The molecule has 140 valence electrons. The average Bonchev–Trinajstić information content (AvgIpc) is 3.11. The first kappa shape index (κ1) is 18.4. The van der Waals surface area contributed by atoms with Crippen LogP contribution < -0.4 is 15.5 Å². The smallest absolute Gasteiger partial charge is 0.264 e. The van der Waals surface area contributed by atoms with Gasteiger partial charge in [-0.15, -0.1) is 0 Å². The maximum absolute atomic E-state index is 13.1. The van der Waals surface area contributed by atoms with E-state index < -0.39 is 0 Å². The molecule has 6 nitrogen and oxygen atoms in total. The van der Waals surface area contributed by atoms with E-state index in [2.05, 4.69) is 10.6 Å². The summed E-state index contributed by atoms with van der Waals surface area (Å²) in [4.78, 5) is 39.5. The number of para-hydroxylation sites is 1. The van der Waals surface area contributed by atoms with Crippen LogP contribution in [0.5, 0.6) is 0 Å². The molecule has 0 bridgehead atoms. The van der Waals surface area contributed by atoms with E-state index in [1.807, 2.05) is 25.1 Å². The number of aryl methyl sites for hydroxylation is 1. The van der Waals surface area contributed by atoms with Crippen LogP contribution in [0.2, 0.25) is 0 Å². The van der Waals surface area contributed by atoms with Gasteiger partial charge in [0.1, 0.15) is 10.9 Å². The fourth-order valence-electron chi connectivity index (χ4n) is 3.20. The highest BCUT2D eigenvalue weighted by Gasteiger charge is 2.39. The number of fused-ring (bicyclic) bond motifs is 1. The van der Waals surface area contributed by atoms with Crippen LogP contribution in [-0.4, -0.2) is 28.6 Å².